The van der Waals surface area contributed by atoms with Gasteiger partial charge in [-0.3, -0.25) is 0 Å². The fourth-order valence-electron chi connectivity index (χ4n) is 2.42. The zero-order valence-electron chi connectivity index (χ0n) is 11.1. The third-order valence-electron chi connectivity index (χ3n) is 3.72. The number of hydrogen-bond acceptors (Lipinski definition) is 3. The first-order chi connectivity index (χ1) is 8.22. The van der Waals surface area contributed by atoms with E-state index in [0.29, 0.717) is 0 Å². The first-order valence-corrected chi connectivity index (χ1v) is 6.62. The van der Waals surface area contributed by atoms with Crippen molar-refractivity contribution in [3.8, 4) is 0 Å². The number of aromatic nitrogens is 1. The van der Waals surface area contributed by atoms with Gasteiger partial charge in [-0.1, -0.05) is 26.8 Å². The zero-order chi connectivity index (χ0) is 12.3. The minimum Gasteiger partial charge on any atom is -0.356 e. The van der Waals surface area contributed by atoms with E-state index in [-0.39, 0.29) is 0 Å². The molecule has 0 saturated carbocycles. The number of rotatable bonds is 4. The fraction of sp³-hybridized carbons (Fsp3) is 0.643. The molecular weight excluding hydrogens is 210 g/mol. The maximum Gasteiger partial charge on any atom is 0.133 e. The fourth-order valence-corrected chi connectivity index (χ4v) is 2.42. The molecule has 0 spiro atoms. The summed E-state index contributed by atoms with van der Waals surface area (Å²) in [6.07, 6.45) is 1.90. The molecule has 1 aliphatic rings. The lowest BCUT2D eigenvalue weighted by Gasteiger charge is -2.20. The molecule has 0 amide bonds. The molecule has 2 heterocycles. The Kier molecular flexibility index (Phi) is 4.00. The SMILES string of the molecule is CCNCc1cccnc1N1CC(C)C(C)C1. The topological polar surface area (TPSA) is 28.2 Å². The van der Waals surface area contributed by atoms with Gasteiger partial charge in [0.15, 0.2) is 0 Å². The van der Waals surface area contributed by atoms with Crippen LogP contribution in [0.15, 0.2) is 18.3 Å². The van der Waals surface area contributed by atoms with E-state index in [0.717, 1.165) is 38.0 Å². The molecular formula is C14H23N3. The van der Waals surface area contributed by atoms with Crippen LogP contribution in [0.2, 0.25) is 0 Å². The number of nitrogens with one attached hydrogen (secondary N) is 1. The monoisotopic (exact) mass is 233 g/mol. The molecule has 1 fully saturated rings. The maximum atomic E-state index is 4.57. The molecule has 94 valence electrons. The third kappa shape index (κ3) is 2.78. The molecule has 1 aliphatic heterocycles. The summed E-state index contributed by atoms with van der Waals surface area (Å²) in [6.45, 7) is 11.0. The number of nitrogens with zero attached hydrogens (tertiary/aromatic N) is 2. The van der Waals surface area contributed by atoms with Crippen molar-refractivity contribution in [3.63, 3.8) is 0 Å². The van der Waals surface area contributed by atoms with E-state index >= 15 is 0 Å². The van der Waals surface area contributed by atoms with Crippen LogP contribution in [0.3, 0.4) is 0 Å². The van der Waals surface area contributed by atoms with E-state index in [2.05, 4.69) is 42.0 Å². The van der Waals surface area contributed by atoms with Crippen molar-refractivity contribution in [2.75, 3.05) is 24.5 Å². The summed E-state index contributed by atoms with van der Waals surface area (Å²) >= 11 is 0. The number of hydrogen-bond donors (Lipinski definition) is 1. The molecule has 1 saturated heterocycles. The van der Waals surface area contributed by atoms with E-state index in [1.807, 2.05) is 12.3 Å². The highest BCUT2D eigenvalue weighted by molar-refractivity contribution is 5.47. The molecule has 17 heavy (non-hydrogen) atoms. The zero-order valence-corrected chi connectivity index (χ0v) is 11.1. The van der Waals surface area contributed by atoms with Crippen LogP contribution in [-0.4, -0.2) is 24.6 Å². The molecule has 3 nitrogen and oxygen atoms in total. The van der Waals surface area contributed by atoms with E-state index in [4.69, 9.17) is 0 Å². The van der Waals surface area contributed by atoms with E-state index in [1.54, 1.807) is 0 Å². The van der Waals surface area contributed by atoms with Crippen LogP contribution in [0.5, 0.6) is 0 Å². The smallest absolute Gasteiger partial charge is 0.133 e. The summed E-state index contributed by atoms with van der Waals surface area (Å²) in [5.74, 6) is 2.71. The first kappa shape index (κ1) is 12.4. The van der Waals surface area contributed by atoms with Gasteiger partial charge >= 0.3 is 0 Å². The van der Waals surface area contributed by atoms with Crippen molar-refractivity contribution in [1.82, 2.24) is 10.3 Å². The van der Waals surface area contributed by atoms with Crippen LogP contribution in [-0.2, 0) is 6.54 Å². The van der Waals surface area contributed by atoms with E-state index < -0.39 is 0 Å². The predicted molar refractivity (Wildman–Crippen MR) is 72.2 cm³/mol. The Hall–Kier alpha value is -1.09. The average Bonchev–Trinajstić information content (AvgIpc) is 2.67. The highest BCUT2D eigenvalue weighted by Gasteiger charge is 2.27. The van der Waals surface area contributed by atoms with Gasteiger partial charge < -0.3 is 10.2 Å². The summed E-state index contributed by atoms with van der Waals surface area (Å²) in [4.78, 5) is 7.00. The highest BCUT2D eigenvalue weighted by atomic mass is 15.2. The first-order valence-electron chi connectivity index (χ1n) is 6.62. The predicted octanol–water partition coefficient (Wildman–Crippen LogP) is 2.28. The van der Waals surface area contributed by atoms with Gasteiger partial charge in [0, 0.05) is 31.4 Å². The Bertz CT molecular complexity index is 354. The Balaban J connectivity index is 2.14. The molecule has 2 atom stereocenters. The molecule has 2 rings (SSSR count). The van der Waals surface area contributed by atoms with Crippen molar-refractivity contribution in [3.05, 3.63) is 23.9 Å². The Morgan fingerprint density at radius 3 is 2.71 bits per heavy atom. The van der Waals surface area contributed by atoms with Gasteiger partial charge in [-0.15, -0.1) is 0 Å². The van der Waals surface area contributed by atoms with Crippen LogP contribution in [0.25, 0.3) is 0 Å². The normalized spacial score (nSPS) is 24.3. The lowest BCUT2D eigenvalue weighted by Crippen LogP contribution is -2.24. The molecule has 0 bridgehead atoms. The summed E-state index contributed by atoms with van der Waals surface area (Å²) in [7, 11) is 0. The van der Waals surface area contributed by atoms with Gasteiger partial charge in [-0.05, 0) is 24.4 Å². The van der Waals surface area contributed by atoms with Gasteiger partial charge in [0.25, 0.3) is 0 Å². The van der Waals surface area contributed by atoms with Crippen molar-refractivity contribution in [1.29, 1.82) is 0 Å². The largest absolute Gasteiger partial charge is 0.356 e. The van der Waals surface area contributed by atoms with Crippen molar-refractivity contribution in [2.24, 2.45) is 11.8 Å². The van der Waals surface area contributed by atoms with Gasteiger partial charge in [-0.2, -0.15) is 0 Å². The Labute approximate surface area is 104 Å². The standard InChI is InChI=1S/C14H23N3/c1-4-15-8-13-6-5-7-16-14(13)17-9-11(2)12(3)10-17/h5-7,11-12,15H,4,8-10H2,1-3H3. The second-order valence-corrected chi connectivity index (χ2v) is 5.13. The van der Waals surface area contributed by atoms with E-state index in [1.165, 1.54) is 11.4 Å². The molecule has 0 aromatic carbocycles. The summed E-state index contributed by atoms with van der Waals surface area (Å²) in [5.41, 5.74) is 1.32. The molecule has 2 unspecified atom stereocenters. The Morgan fingerprint density at radius 2 is 2.06 bits per heavy atom. The molecule has 1 aromatic heterocycles. The minimum absolute atomic E-state index is 0.768. The summed E-state index contributed by atoms with van der Waals surface area (Å²) in [6, 6.07) is 4.21. The number of anilines is 1. The summed E-state index contributed by atoms with van der Waals surface area (Å²) < 4.78 is 0. The van der Waals surface area contributed by atoms with Gasteiger partial charge in [-0.25, -0.2) is 4.98 Å². The molecule has 0 aliphatic carbocycles. The molecule has 1 N–H and O–H groups in total. The average molecular weight is 233 g/mol. The third-order valence-corrected chi connectivity index (χ3v) is 3.72. The lowest BCUT2D eigenvalue weighted by molar-refractivity contribution is 0.494. The molecule has 3 heteroatoms. The lowest BCUT2D eigenvalue weighted by atomic mass is 10.0. The molecule has 1 aromatic rings. The van der Waals surface area contributed by atoms with E-state index in [9.17, 15) is 0 Å². The minimum atomic E-state index is 0.768. The van der Waals surface area contributed by atoms with Crippen LogP contribution in [0.4, 0.5) is 5.82 Å². The van der Waals surface area contributed by atoms with Crippen LogP contribution >= 0.6 is 0 Å². The maximum absolute atomic E-state index is 4.57. The van der Waals surface area contributed by atoms with Gasteiger partial charge in [0.05, 0.1) is 0 Å². The number of pyridine rings is 1. The second-order valence-electron chi connectivity index (χ2n) is 5.13. The van der Waals surface area contributed by atoms with Crippen molar-refractivity contribution < 1.29 is 0 Å². The van der Waals surface area contributed by atoms with Gasteiger partial charge in [0.1, 0.15) is 5.82 Å². The highest BCUT2D eigenvalue weighted by Crippen LogP contribution is 2.28. The quantitative estimate of drug-likeness (QED) is 0.865. The second kappa shape index (κ2) is 5.50. The van der Waals surface area contributed by atoms with Crippen molar-refractivity contribution in [2.45, 2.75) is 27.3 Å². The van der Waals surface area contributed by atoms with Crippen LogP contribution in [0, 0.1) is 11.8 Å². The van der Waals surface area contributed by atoms with Crippen LogP contribution in [0.1, 0.15) is 26.3 Å². The van der Waals surface area contributed by atoms with Crippen LogP contribution < -0.4 is 10.2 Å². The van der Waals surface area contributed by atoms with Crippen molar-refractivity contribution >= 4 is 5.82 Å². The summed E-state index contributed by atoms with van der Waals surface area (Å²) in [5, 5.41) is 3.38. The molecule has 0 radical (unpaired) electrons. The Morgan fingerprint density at radius 1 is 1.35 bits per heavy atom. The van der Waals surface area contributed by atoms with Gasteiger partial charge in [0.2, 0.25) is 0 Å².